The van der Waals surface area contributed by atoms with Gasteiger partial charge in [-0.05, 0) is 25.1 Å². The number of benzene rings is 1. The number of aliphatic hydroxyl groups excluding tert-OH is 1. The summed E-state index contributed by atoms with van der Waals surface area (Å²) in [5, 5.41) is 9.95. The van der Waals surface area contributed by atoms with Gasteiger partial charge in [0.1, 0.15) is 6.10 Å². The second kappa shape index (κ2) is 4.59. The van der Waals surface area contributed by atoms with E-state index in [1.54, 1.807) is 25.1 Å². The van der Waals surface area contributed by atoms with Crippen LogP contribution in [0.5, 0.6) is 0 Å². The topological polar surface area (TPSA) is 33.1 Å². The van der Waals surface area contributed by atoms with Crippen molar-refractivity contribution in [3.63, 3.8) is 0 Å². The predicted octanol–water partition coefficient (Wildman–Crippen LogP) is 2.75. The summed E-state index contributed by atoms with van der Waals surface area (Å²) >= 11 is 0. The Bertz CT molecular complexity index is 543. The zero-order valence-corrected chi connectivity index (χ0v) is 9.19. The molecule has 0 saturated carbocycles. The van der Waals surface area contributed by atoms with Crippen LogP contribution in [0.1, 0.15) is 23.1 Å². The lowest BCUT2D eigenvalue weighted by molar-refractivity contribution is 0.208. The van der Waals surface area contributed by atoms with Crippen molar-refractivity contribution in [1.82, 2.24) is 4.98 Å². The van der Waals surface area contributed by atoms with Crippen LogP contribution in [-0.4, -0.2) is 10.1 Å². The SMILES string of the molecule is Cc1cccc(C(O)c2cccc(F)c2F)n1. The van der Waals surface area contributed by atoms with Gasteiger partial charge in [-0.3, -0.25) is 4.98 Å². The van der Waals surface area contributed by atoms with Crippen LogP contribution in [0.3, 0.4) is 0 Å². The number of hydrogen-bond acceptors (Lipinski definition) is 2. The molecule has 0 fully saturated rings. The minimum Gasteiger partial charge on any atom is -0.382 e. The van der Waals surface area contributed by atoms with Crippen molar-refractivity contribution in [1.29, 1.82) is 0 Å². The number of aryl methyl sites for hydroxylation is 1. The summed E-state index contributed by atoms with van der Waals surface area (Å²) in [6.45, 7) is 1.76. The zero-order valence-electron chi connectivity index (χ0n) is 9.19. The molecule has 4 heteroatoms. The third-order valence-corrected chi connectivity index (χ3v) is 2.47. The Hall–Kier alpha value is -1.81. The Kier molecular flexibility index (Phi) is 3.15. The number of aromatic nitrogens is 1. The summed E-state index contributed by atoms with van der Waals surface area (Å²) in [7, 11) is 0. The van der Waals surface area contributed by atoms with E-state index in [-0.39, 0.29) is 5.56 Å². The molecule has 0 bridgehead atoms. The van der Waals surface area contributed by atoms with Crippen molar-refractivity contribution in [3.8, 4) is 0 Å². The summed E-state index contributed by atoms with van der Waals surface area (Å²) in [4.78, 5) is 4.08. The van der Waals surface area contributed by atoms with Crippen LogP contribution in [0.2, 0.25) is 0 Å². The van der Waals surface area contributed by atoms with Crippen molar-refractivity contribution in [2.45, 2.75) is 13.0 Å². The lowest BCUT2D eigenvalue weighted by Crippen LogP contribution is -2.06. The molecule has 88 valence electrons. The van der Waals surface area contributed by atoms with Crippen LogP contribution in [-0.2, 0) is 0 Å². The molecule has 2 aromatic rings. The summed E-state index contributed by atoms with van der Waals surface area (Å²) in [6.07, 6.45) is -1.26. The minimum atomic E-state index is -1.26. The van der Waals surface area contributed by atoms with E-state index in [1.165, 1.54) is 12.1 Å². The van der Waals surface area contributed by atoms with Crippen LogP contribution in [0.25, 0.3) is 0 Å². The van der Waals surface area contributed by atoms with E-state index < -0.39 is 17.7 Å². The van der Waals surface area contributed by atoms with Gasteiger partial charge in [0.15, 0.2) is 11.6 Å². The van der Waals surface area contributed by atoms with Crippen molar-refractivity contribution in [2.75, 3.05) is 0 Å². The standard InChI is InChI=1S/C13H11F2NO/c1-8-4-2-7-11(16-8)13(17)9-5-3-6-10(14)12(9)15/h2-7,13,17H,1H3. The lowest BCUT2D eigenvalue weighted by Gasteiger charge is -2.12. The number of rotatable bonds is 2. The average Bonchev–Trinajstić information content (AvgIpc) is 2.32. The van der Waals surface area contributed by atoms with Gasteiger partial charge in [-0.25, -0.2) is 8.78 Å². The van der Waals surface area contributed by atoms with E-state index in [2.05, 4.69) is 4.98 Å². The fourth-order valence-electron chi connectivity index (χ4n) is 1.61. The molecule has 2 nitrogen and oxygen atoms in total. The van der Waals surface area contributed by atoms with E-state index in [0.29, 0.717) is 11.4 Å². The number of pyridine rings is 1. The van der Waals surface area contributed by atoms with Crippen molar-refractivity contribution >= 4 is 0 Å². The number of halogens is 2. The van der Waals surface area contributed by atoms with E-state index in [0.717, 1.165) is 6.07 Å². The molecular formula is C13H11F2NO. The molecule has 2 rings (SSSR count). The van der Waals surface area contributed by atoms with Gasteiger partial charge in [0.25, 0.3) is 0 Å². The maximum Gasteiger partial charge on any atom is 0.165 e. The van der Waals surface area contributed by atoms with E-state index in [9.17, 15) is 13.9 Å². The molecule has 0 aliphatic rings. The summed E-state index contributed by atoms with van der Waals surface area (Å²) in [6, 6.07) is 8.74. The Labute approximate surface area is 97.6 Å². The van der Waals surface area contributed by atoms with Crippen LogP contribution in [0.4, 0.5) is 8.78 Å². The molecule has 0 aliphatic carbocycles. The Morgan fingerprint density at radius 1 is 1.12 bits per heavy atom. The maximum atomic E-state index is 13.5. The Balaban J connectivity index is 2.44. The zero-order chi connectivity index (χ0) is 12.4. The van der Waals surface area contributed by atoms with Crippen LogP contribution in [0, 0.1) is 18.6 Å². The fourth-order valence-corrected chi connectivity index (χ4v) is 1.61. The second-order valence-electron chi connectivity index (χ2n) is 3.75. The molecule has 0 saturated heterocycles. The highest BCUT2D eigenvalue weighted by atomic mass is 19.2. The molecule has 0 spiro atoms. The van der Waals surface area contributed by atoms with Gasteiger partial charge in [0.05, 0.1) is 5.69 Å². The maximum absolute atomic E-state index is 13.5. The molecule has 1 atom stereocenters. The first-order chi connectivity index (χ1) is 8.09. The van der Waals surface area contributed by atoms with Crippen LogP contribution < -0.4 is 0 Å². The monoisotopic (exact) mass is 235 g/mol. The molecule has 1 aromatic carbocycles. The molecule has 1 unspecified atom stereocenters. The van der Waals surface area contributed by atoms with Crippen molar-refractivity contribution in [3.05, 3.63) is 65.0 Å². The van der Waals surface area contributed by atoms with Crippen molar-refractivity contribution < 1.29 is 13.9 Å². The van der Waals surface area contributed by atoms with Gasteiger partial charge in [0, 0.05) is 11.3 Å². The summed E-state index contributed by atoms with van der Waals surface area (Å²) in [5.74, 6) is -2.02. The molecule has 1 aromatic heterocycles. The quantitative estimate of drug-likeness (QED) is 0.868. The van der Waals surface area contributed by atoms with Gasteiger partial charge in [-0.15, -0.1) is 0 Å². The lowest BCUT2D eigenvalue weighted by atomic mass is 10.0. The number of hydrogen-bond donors (Lipinski definition) is 1. The first kappa shape index (κ1) is 11.7. The largest absolute Gasteiger partial charge is 0.382 e. The summed E-state index contributed by atoms with van der Waals surface area (Å²) < 4.78 is 26.5. The van der Waals surface area contributed by atoms with Crippen LogP contribution >= 0.6 is 0 Å². The molecule has 17 heavy (non-hydrogen) atoms. The second-order valence-corrected chi connectivity index (χ2v) is 3.75. The molecule has 0 aliphatic heterocycles. The van der Waals surface area contributed by atoms with Gasteiger partial charge < -0.3 is 5.11 Å². The third kappa shape index (κ3) is 2.31. The fraction of sp³-hybridized carbons (Fsp3) is 0.154. The van der Waals surface area contributed by atoms with Gasteiger partial charge >= 0.3 is 0 Å². The van der Waals surface area contributed by atoms with E-state index in [4.69, 9.17) is 0 Å². The average molecular weight is 235 g/mol. The predicted molar refractivity (Wildman–Crippen MR) is 59.4 cm³/mol. The highest BCUT2D eigenvalue weighted by Gasteiger charge is 2.18. The molecule has 1 heterocycles. The Morgan fingerprint density at radius 2 is 1.82 bits per heavy atom. The highest BCUT2D eigenvalue weighted by Crippen LogP contribution is 2.24. The Morgan fingerprint density at radius 3 is 2.53 bits per heavy atom. The minimum absolute atomic E-state index is 0.108. The van der Waals surface area contributed by atoms with Gasteiger partial charge in [-0.2, -0.15) is 0 Å². The molecule has 1 N–H and O–H groups in total. The smallest absolute Gasteiger partial charge is 0.165 e. The van der Waals surface area contributed by atoms with Crippen LogP contribution in [0.15, 0.2) is 36.4 Å². The van der Waals surface area contributed by atoms with Gasteiger partial charge in [0.2, 0.25) is 0 Å². The van der Waals surface area contributed by atoms with E-state index in [1.807, 2.05) is 0 Å². The van der Waals surface area contributed by atoms with Crippen molar-refractivity contribution in [2.24, 2.45) is 0 Å². The third-order valence-electron chi connectivity index (χ3n) is 2.47. The van der Waals surface area contributed by atoms with Gasteiger partial charge in [-0.1, -0.05) is 18.2 Å². The molecule has 0 amide bonds. The molecule has 0 radical (unpaired) electrons. The highest BCUT2D eigenvalue weighted by molar-refractivity contribution is 5.28. The number of nitrogens with zero attached hydrogens (tertiary/aromatic N) is 1. The molecular weight excluding hydrogens is 224 g/mol. The number of aliphatic hydroxyl groups is 1. The van der Waals surface area contributed by atoms with E-state index >= 15 is 0 Å². The first-order valence-electron chi connectivity index (χ1n) is 5.15. The first-order valence-corrected chi connectivity index (χ1v) is 5.15. The normalized spacial score (nSPS) is 12.5. The summed E-state index contributed by atoms with van der Waals surface area (Å²) in [5.41, 5.74) is 0.899.